The third-order valence-corrected chi connectivity index (χ3v) is 3.17. The van der Waals surface area contributed by atoms with E-state index in [2.05, 4.69) is 12.2 Å². The van der Waals surface area contributed by atoms with E-state index in [4.69, 9.17) is 9.15 Å². The molecule has 0 bridgehead atoms. The van der Waals surface area contributed by atoms with Crippen molar-refractivity contribution >= 4 is 5.69 Å². The molecule has 2 rings (SSSR count). The fourth-order valence-corrected chi connectivity index (χ4v) is 2.15. The van der Waals surface area contributed by atoms with Crippen molar-refractivity contribution in [1.29, 1.82) is 0 Å². The maximum absolute atomic E-state index is 9.42. The maximum Gasteiger partial charge on any atom is 0.125 e. The third-order valence-electron chi connectivity index (χ3n) is 3.17. The standard InChI is InChI=1S/C16H21NO3/c1-3-14(16-6-5-9-20-16)17-13-7-8-15(19-4-2)12(10-13)11-18/h5-10,14,17-18H,3-4,11H2,1-2H3. The molecule has 2 N–H and O–H groups in total. The smallest absolute Gasteiger partial charge is 0.125 e. The molecule has 0 saturated carbocycles. The van der Waals surface area contributed by atoms with Crippen molar-refractivity contribution < 1.29 is 14.3 Å². The largest absolute Gasteiger partial charge is 0.494 e. The highest BCUT2D eigenvalue weighted by Crippen LogP contribution is 2.27. The molecule has 2 aromatic rings. The van der Waals surface area contributed by atoms with Gasteiger partial charge in [-0.1, -0.05) is 6.92 Å². The quantitative estimate of drug-likeness (QED) is 0.808. The fourth-order valence-electron chi connectivity index (χ4n) is 2.15. The van der Waals surface area contributed by atoms with Gasteiger partial charge >= 0.3 is 0 Å². The number of furan rings is 1. The van der Waals surface area contributed by atoms with Crippen molar-refractivity contribution in [3.05, 3.63) is 47.9 Å². The van der Waals surface area contributed by atoms with Crippen LogP contribution in [0.3, 0.4) is 0 Å². The summed E-state index contributed by atoms with van der Waals surface area (Å²) in [5.74, 6) is 1.64. The van der Waals surface area contributed by atoms with Crippen LogP contribution < -0.4 is 10.1 Å². The van der Waals surface area contributed by atoms with Crippen molar-refractivity contribution in [2.75, 3.05) is 11.9 Å². The molecule has 108 valence electrons. The Kier molecular flexibility index (Phi) is 5.07. The van der Waals surface area contributed by atoms with E-state index in [-0.39, 0.29) is 12.6 Å². The molecule has 1 unspecified atom stereocenters. The molecule has 1 aromatic heterocycles. The Bertz CT molecular complexity index is 523. The Morgan fingerprint density at radius 1 is 1.30 bits per heavy atom. The molecule has 0 spiro atoms. The normalized spacial score (nSPS) is 12.2. The Labute approximate surface area is 119 Å². The summed E-state index contributed by atoms with van der Waals surface area (Å²) in [5.41, 5.74) is 1.73. The van der Waals surface area contributed by atoms with Gasteiger partial charge in [0.2, 0.25) is 0 Å². The number of aliphatic hydroxyl groups excluding tert-OH is 1. The second kappa shape index (κ2) is 7.01. The van der Waals surface area contributed by atoms with Gasteiger partial charge in [0.1, 0.15) is 11.5 Å². The summed E-state index contributed by atoms with van der Waals surface area (Å²) in [5, 5.41) is 12.8. The number of hydrogen-bond donors (Lipinski definition) is 2. The summed E-state index contributed by atoms with van der Waals surface area (Å²) >= 11 is 0. The molecule has 1 aromatic carbocycles. The van der Waals surface area contributed by atoms with E-state index >= 15 is 0 Å². The molecule has 4 nitrogen and oxygen atoms in total. The minimum atomic E-state index is -0.0393. The zero-order valence-electron chi connectivity index (χ0n) is 11.9. The summed E-state index contributed by atoms with van der Waals surface area (Å²) < 4.78 is 10.9. The first-order valence-corrected chi connectivity index (χ1v) is 6.95. The number of benzene rings is 1. The van der Waals surface area contributed by atoms with Crippen LogP contribution in [-0.2, 0) is 6.61 Å². The summed E-state index contributed by atoms with van der Waals surface area (Å²) in [4.78, 5) is 0. The number of nitrogens with one attached hydrogen (secondary N) is 1. The van der Waals surface area contributed by atoms with Crippen molar-refractivity contribution in [2.24, 2.45) is 0 Å². The van der Waals surface area contributed by atoms with Crippen LogP contribution in [0.4, 0.5) is 5.69 Å². The molecule has 0 aliphatic rings. The first-order chi connectivity index (χ1) is 9.78. The van der Waals surface area contributed by atoms with Crippen molar-refractivity contribution in [3.63, 3.8) is 0 Å². The highest BCUT2D eigenvalue weighted by molar-refractivity contribution is 5.52. The Morgan fingerprint density at radius 2 is 2.15 bits per heavy atom. The van der Waals surface area contributed by atoms with Gasteiger partial charge in [-0.15, -0.1) is 0 Å². The lowest BCUT2D eigenvalue weighted by Gasteiger charge is -2.17. The van der Waals surface area contributed by atoms with Crippen LogP contribution in [0.25, 0.3) is 0 Å². The van der Waals surface area contributed by atoms with Crippen LogP contribution in [0.5, 0.6) is 5.75 Å². The van der Waals surface area contributed by atoms with Crippen LogP contribution in [0, 0.1) is 0 Å². The predicted molar refractivity (Wildman–Crippen MR) is 78.9 cm³/mol. The number of anilines is 1. The lowest BCUT2D eigenvalue weighted by Crippen LogP contribution is -2.09. The monoisotopic (exact) mass is 275 g/mol. The number of hydrogen-bond acceptors (Lipinski definition) is 4. The molecule has 0 fully saturated rings. The topological polar surface area (TPSA) is 54.6 Å². The van der Waals surface area contributed by atoms with Crippen LogP contribution in [0.2, 0.25) is 0 Å². The van der Waals surface area contributed by atoms with Gasteiger partial charge in [0, 0.05) is 11.3 Å². The first-order valence-electron chi connectivity index (χ1n) is 6.95. The number of aliphatic hydroxyl groups is 1. The second-order valence-corrected chi connectivity index (χ2v) is 4.53. The summed E-state index contributed by atoms with van der Waals surface area (Å²) in [6.07, 6.45) is 2.59. The fraction of sp³-hybridized carbons (Fsp3) is 0.375. The Hall–Kier alpha value is -1.94. The second-order valence-electron chi connectivity index (χ2n) is 4.53. The average Bonchev–Trinajstić information content (AvgIpc) is 3.00. The lowest BCUT2D eigenvalue weighted by atomic mass is 10.1. The summed E-state index contributed by atoms with van der Waals surface area (Å²) in [6, 6.07) is 9.72. The molecular weight excluding hydrogens is 254 g/mol. The zero-order chi connectivity index (χ0) is 14.4. The number of ether oxygens (including phenoxy) is 1. The Balaban J connectivity index is 2.16. The van der Waals surface area contributed by atoms with Crippen molar-refractivity contribution in [1.82, 2.24) is 0 Å². The van der Waals surface area contributed by atoms with Gasteiger partial charge in [-0.2, -0.15) is 0 Å². The minimum Gasteiger partial charge on any atom is -0.494 e. The van der Waals surface area contributed by atoms with E-state index in [1.165, 1.54) is 0 Å². The van der Waals surface area contributed by atoms with Gasteiger partial charge in [0.05, 0.1) is 25.5 Å². The third kappa shape index (κ3) is 3.33. The maximum atomic E-state index is 9.42. The van der Waals surface area contributed by atoms with Crippen LogP contribution >= 0.6 is 0 Å². The van der Waals surface area contributed by atoms with Crippen LogP contribution in [0.1, 0.15) is 37.6 Å². The van der Waals surface area contributed by atoms with Gasteiger partial charge in [-0.3, -0.25) is 0 Å². The van der Waals surface area contributed by atoms with Crippen molar-refractivity contribution in [2.45, 2.75) is 32.9 Å². The molecule has 0 aliphatic carbocycles. The van der Waals surface area contributed by atoms with E-state index in [1.807, 2.05) is 37.3 Å². The van der Waals surface area contributed by atoms with Gasteiger partial charge in [-0.05, 0) is 43.7 Å². The average molecular weight is 275 g/mol. The molecule has 0 radical (unpaired) electrons. The predicted octanol–water partition coefficient (Wildman–Crippen LogP) is 3.73. The lowest BCUT2D eigenvalue weighted by molar-refractivity contribution is 0.267. The molecule has 0 aliphatic heterocycles. The van der Waals surface area contributed by atoms with Crippen LogP contribution in [0.15, 0.2) is 41.0 Å². The van der Waals surface area contributed by atoms with Gasteiger partial charge in [-0.25, -0.2) is 0 Å². The van der Waals surface area contributed by atoms with Crippen molar-refractivity contribution in [3.8, 4) is 5.75 Å². The molecular formula is C16H21NO3. The molecule has 0 amide bonds. The van der Waals surface area contributed by atoms with Gasteiger partial charge in [0.25, 0.3) is 0 Å². The highest BCUT2D eigenvalue weighted by Gasteiger charge is 2.13. The first kappa shape index (κ1) is 14.5. The Morgan fingerprint density at radius 3 is 2.75 bits per heavy atom. The molecule has 1 atom stereocenters. The van der Waals surface area contributed by atoms with E-state index < -0.39 is 0 Å². The van der Waals surface area contributed by atoms with E-state index in [9.17, 15) is 5.11 Å². The SMILES string of the molecule is CCOc1ccc(NC(CC)c2ccco2)cc1CO. The van der Waals surface area contributed by atoms with E-state index in [0.717, 1.165) is 29.2 Å². The highest BCUT2D eigenvalue weighted by atomic mass is 16.5. The van der Waals surface area contributed by atoms with Crippen LogP contribution in [-0.4, -0.2) is 11.7 Å². The molecule has 0 saturated heterocycles. The zero-order valence-corrected chi connectivity index (χ0v) is 11.9. The molecule has 1 heterocycles. The molecule has 20 heavy (non-hydrogen) atoms. The summed E-state index contributed by atoms with van der Waals surface area (Å²) in [7, 11) is 0. The van der Waals surface area contributed by atoms with E-state index in [0.29, 0.717) is 6.61 Å². The van der Waals surface area contributed by atoms with E-state index in [1.54, 1.807) is 6.26 Å². The summed E-state index contributed by atoms with van der Waals surface area (Å²) in [6.45, 7) is 4.57. The molecule has 4 heteroatoms. The number of rotatable bonds is 7. The van der Waals surface area contributed by atoms with Gasteiger partial charge in [0.15, 0.2) is 0 Å². The minimum absolute atomic E-state index is 0.0393. The van der Waals surface area contributed by atoms with Gasteiger partial charge < -0.3 is 19.6 Å².